The molecule has 0 bridgehead atoms. The van der Waals surface area contributed by atoms with Crippen LogP contribution in [0.15, 0.2) is 59.8 Å². The van der Waals surface area contributed by atoms with Gasteiger partial charge in [-0.3, -0.25) is 4.79 Å². The van der Waals surface area contributed by atoms with E-state index in [0.29, 0.717) is 28.3 Å². The summed E-state index contributed by atoms with van der Waals surface area (Å²) in [6, 6.07) is 12.4. The lowest BCUT2D eigenvalue weighted by atomic mass is 9.94. The Hall–Kier alpha value is -3.20. The van der Waals surface area contributed by atoms with Crippen molar-refractivity contribution in [2.75, 3.05) is 12.4 Å². The second-order valence-corrected chi connectivity index (χ2v) is 6.58. The van der Waals surface area contributed by atoms with Gasteiger partial charge in [0.1, 0.15) is 11.5 Å². The van der Waals surface area contributed by atoms with Gasteiger partial charge in [-0.1, -0.05) is 24.3 Å². The zero-order valence-electron chi connectivity index (χ0n) is 15.7. The number of nitrogens with one attached hydrogen (secondary N) is 3. The lowest BCUT2D eigenvalue weighted by Gasteiger charge is -2.31. The molecule has 0 spiro atoms. The van der Waals surface area contributed by atoms with Crippen LogP contribution < -0.4 is 25.4 Å². The third-order valence-electron chi connectivity index (χ3n) is 4.29. The molecule has 0 aromatic heterocycles. The quantitative estimate of drug-likeness (QED) is 0.620. The molecule has 1 atom stereocenters. The predicted octanol–water partition coefficient (Wildman–Crippen LogP) is 3.73. The van der Waals surface area contributed by atoms with E-state index in [4.69, 9.17) is 17.0 Å². The summed E-state index contributed by atoms with van der Waals surface area (Å²) >= 11 is 5.20. The first-order valence-corrected chi connectivity index (χ1v) is 9.07. The molecule has 0 saturated heterocycles. The number of ether oxygens (including phenoxy) is 2. The van der Waals surface area contributed by atoms with E-state index in [1.807, 2.05) is 0 Å². The molecular formula is C20H19F2N3O3S. The highest BCUT2D eigenvalue weighted by molar-refractivity contribution is 7.80. The topological polar surface area (TPSA) is 71.6 Å². The first-order chi connectivity index (χ1) is 13.9. The van der Waals surface area contributed by atoms with E-state index in [2.05, 4.69) is 20.7 Å². The summed E-state index contributed by atoms with van der Waals surface area (Å²) in [7, 11) is 1.53. The summed E-state index contributed by atoms with van der Waals surface area (Å²) in [5, 5.41) is 8.95. The Morgan fingerprint density at radius 3 is 2.69 bits per heavy atom. The first kappa shape index (κ1) is 20.5. The number of carbonyl (C=O) groups excluding carboxylic acids is 1. The van der Waals surface area contributed by atoms with Crippen LogP contribution in [0.25, 0.3) is 0 Å². The number of anilines is 1. The van der Waals surface area contributed by atoms with Crippen LogP contribution in [-0.4, -0.2) is 24.7 Å². The SMILES string of the molecule is COc1cccc(NC(=O)C2=C(C)NC(=S)NC2c2ccccc2OC(F)F)c1. The molecule has 0 aliphatic carbocycles. The number of halogens is 2. The molecule has 1 heterocycles. The number of para-hydroxylation sites is 1. The lowest BCUT2D eigenvalue weighted by Crippen LogP contribution is -2.45. The molecular weight excluding hydrogens is 400 g/mol. The van der Waals surface area contributed by atoms with Crippen LogP contribution in [0.3, 0.4) is 0 Å². The van der Waals surface area contributed by atoms with Crippen molar-refractivity contribution in [3.63, 3.8) is 0 Å². The van der Waals surface area contributed by atoms with Crippen LogP contribution in [0.2, 0.25) is 0 Å². The number of hydrogen-bond donors (Lipinski definition) is 3. The van der Waals surface area contributed by atoms with Crippen molar-refractivity contribution in [2.45, 2.75) is 19.6 Å². The average Bonchev–Trinajstić information content (AvgIpc) is 2.67. The molecule has 2 aromatic carbocycles. The Morgan fingerprint density at radius 1 is 1.21 bits per heavy atom. The van der Waals surface area contributed by atoms with Gasteiger partial charge < -0.3 is 25.4 Å². The number of rotatable bonds is 6. The minimum Gasteiger partial charge on any atom is -0.497 e. The Balaban J connectivity index is 1.97. The number of thiocarbonyl (C=S) groups is 1. The van der Waals surface area contributed by atoms with Gasteiger partial charge >= 0.3 is 6.61 Å². The van der Waals surface area contributed by atoms with Crippen LogP contribution in [0.4, 0.5) is 14.5 Å². The van der Waals surface area contributed by atoms with Crippen LogP contribution in [0.1, 0.15) is 18.5 Å². The molecule has 9 heteroatoms. The van der Waals surface area contributed by atoms with E-state index >= 15 is 0 Å². The fourth-order valence-electron chi connectivity index (χ4n) is 3.05. The Kier molecular flexibility index (Phi) is 6.28. The molecule has 0 radical (unpaired) electrons. The number of hydrogen-bond acceptors (Lipinski definition) is 4. The predicted molar refractivity (Wildman–Crippen MR) is 109 cm³/mol. The maximum Gasteiger partial charge on any atom is 0.387 e. The van der Waals surface area contributed by atoms with Gasteiger partial charge in [0.25, 0.3) is 5.91 Å². The van der Waals surface area contributed by atoms with Crippen molar-refractivity contribution in [3.8, 4) is 11.5 Å². The summed E-state index contributed by atoms with van der Waals surface area (Å²) in [5.74, 6) is 0.126. The van der Waals surface area contributed by atoms with Gasteiger partial charge in [-0.15, -0.1) is 0 Å². The normalized spacial score (nSPS) is 16.2. The summed E-state index contributed by atoms with van der Waals surface area (Å²) < 4.78 is 35.5. The van der Waals surface area contributed by atoms with E-state index in [0.717, 1.165) is 0 Å². The standard InChI is InChI=1S/C20H19F2N3O3S/c1-11-16(18(26)24-12-6-5-7-13(10-12)27-2)17(25-20(29)23-11)14-8-3-4-9-15(14)28-19(21)22/h3-10,17,19H,1-2H3,(H,24,26)(H2,23,25,29). The smallest absolute Gasteiger partial charge is 0.387 e. The van der Waals surface area contributed by atoms with Crippen molar-refractivity contribution in [2.24, 2.45) is 0 Å². The monoisotopic (exact) mass is 419 g/mol. The number of benzene rings is 2. The molecule has 1 unspecified atom stereocenters. The third kappa shape index (κ3) is 4.80. The fraction of sp³-hybridized carbons (Fsp3) is 0.200. The molecule has 3 rings (SSSR count). The second-order valence-electron chi connectivity index (χ2n) is 6.17. The maximum absolute atomic E-state index is 13.1. The second kappa shape index (κ2) is 8.87. The van der Waals surface area contributed by atoms with Crippen LogP contribution in [-0.2, 0) is 4.79 Å². The Bertz CT molecular complexity index is 965. The third-order valence-corrected chi connectivity index (χ3v) is 4.51. The van der Waals surface area contributed by atoms with Crippen molar-refractivity contribution in [1.29, 1.82) is 0 Å². The summed E-state index contributed by atoms with van der Waals surface area (Å²) in [5.41, 5.74) is 1.70. The summed E-state index contributed by atoms with van der Waals surface area (Å²) in [6.45, 7) is -1.30. The van der Waals surface area contributed by atoms with E-state index in [1.54, 1.807) is 49.4 Å². The minimum atomic E-state index is -3.00. The van der Waals surface area contributed by atoms with Gasteiger partial charge in [0.05, 0.1) is 18.7 Å². The van der Waals surface area contributed by atoms with E-state index < -0.39 is 18.6 Å². The maximum atomic E-state index is 13.1. The zero-order valence-corrected chi connectivity index (χ0v) is 16.5. The van der Waals surface area contributed by atoms with E-state index in [1.165, 1.54) is 13.2 Å². The molecule has 152 valence electrons. The molecule has 29 heavy (non-hydrogen) atoms. The minimum absolute atomic E-state index is 0.0378. The number of amides is 1. The largest absolute Gasteiger partial charge is 0.497 e. The number of methoxy groups -OCH3 is 1. The summed E-state index contributed by atoms with van der Waals surface area (Å²) in [4.78, 5) is 13.1. The molecule has 6 nitrogen and oxygen atoms in total. The highest BCUT2D eigenvalue weighted by atomic mass is 32.1. The molecule has 0 saturated carbocycles. The lowest BCUT2D eigenvalue weighted by molar-refractivity contribution is -0.113. The fourth-order valence-corrected chi connectivity index (χ4v) is 3.32. The van der Waals surface area contributed by atoms with Crippen molar-refractivity contribution >= 4 is 28.9 Å². The number of alkyl halides is 2. The van der Waals surface area contributed by atoms with Gasteiger partial charge in [-0.05, 0) is 37.3 Å². The van der Waals surface area contributed by atoms with Gasteiger partial charge in [0.2, 0.25) is 0 Å². The Labute approximate surface area is 171 Å². The zero-order chi connectivity index (χ0) is 21.0. The van der Waals surface area contributed by atoms with Crippen molar-refractivity contribution in [1.82, 2.24) is 10.6 Å². The first-order valence-electron chi connectivity index (χ1n) is 8.66. The molecule has 1 aliphatic rings. The van der Waals surface area contributed by atoms with Gasteiger partial charge in [0, 0.05) is 23.0 Å². The number of carbonyl (C=O) groups is 1. The van der Waals surface area contributed by atoms with Gasteiger partial charge in [-0.25, -0.2) is 0 Å². The Morgan fingerprint density at radius 2 is 1.97 bits per heavy atom. The van der Waals surface area contributed by atoms with E-state index in [-0.39, 0.29) is 10.9 Å². The average molecular weight is 419 g/mol. The highest BCUT2D eigenvalue weighted by Gasteiger charge is 2.32. The van der Waals surface area contributed by atoms with Gasteiger partial charge in [-0.2, -0.15) is 8.78 Å². The van der Waals surface area contributed by atoms with Crippen LogP contribution in [0, 0.1) is 0 Å². The molecule has 0 fully saturated rings. The van der Waals surface area contributed by atoms with Crippen LogP contribution >= 0.6 is 12.2 Å². The van der Waals surface area contributed by atoms with Gasteiger partial charge in [0.15, 0.2) is 5.11 Å². The number of allylic oxidation sites excluding steroid dienone is 1. The van der Waals surface area contributed by atoms with Crippen LogP contribution in [0.5, 0.6) is 11.5 Å². The van der Waals surface area contributed by atoms with Crippen molar-refractivity contribution in [3.05, 3.63) is 65.4 Å². The molecule has 3 N–H and O–H groups in total. The molecule has 2 aromatic rings. The molecule has 1 aliphatic heterocycles. The van der Waals surface area contributed by atoms with Crippen molar-refractivity contribution < 1.29 is 23.0 Å². The highest BCUT2D eigenvalue weighted by Crippen LogP contribution is 2.34. The molecule has 1 amide bonds. The summed E-state index contributed by atoms with van der Waals surface area (Å²) in [6.07, 6.45) is 0. The van der Waals surface area contributed by atoms with E-state index in [9.17, 15) is 13.6 Å².